The molecule has 19 heavy (non-hydrogen) atoms. The number of benzene rings is 1. The minimum absolute atomic E-state index is 0.0430. The van der Waals surface area contributed by atoms with Gasteiger partial charge in [-0.15, -0.1) is 0 Å². The van der Waals surface area contributed by atoms with E-state index in [-0.39, 0.29) is 18.0 Å². The van der Waals surface area contributed by atoms with Gasteiger partial charge in [-0.3, -0.25) is 0 Å². The minimum Gasteiger partial charge on any atom is -0.394 e. The summed E-state index contributed by atoms with van der Waals surface area (Å²) in [5, 5.41) is 12.9. The molecule has 1 aromatic rings. The summed E-state index contributed by atoms with van der Waals surface area (Å²) in [5.41, 5.74) is 0.104. The van der Waals surface area contributed by atoms with Crippen LogP contribution in [0.25, 0.3) is 0 Å². The molecule has 0 unspecified atom stereocenters. The molecular formula is C15H23FN2O. The Hall–Kier alpha value is -1.13. The van der Waals surface area contributed by atoms with Crippen LogP contribution in [-0.4, -0.2) is 41.8 Å². The number of aliphatic hydroxyl groups excluding tert-OH is 1. The van der Waals surface area contributed by atoms with E-state index in [9.17, 15) is 9.50 Å². The van der Waals surface area contributed by atoms with Crippen LogP contribution in [0.3, 0.4) is 0 Å². The summed E-state index contributed by atoms with van der Waals surface area (Å²) in [6.45, 7) is 5.22. The molecule has 1 heterocycles. The van der Waals surface area contributed by atoms with Gasteiger partial charge in [-0.2, -0.15) is 0 Å². The molecule has 2 rings (SSSR count). The number of hydrogen-bond acceptors (Lipinski definition) is 3. The first-order chi connectivity index (χ1) is 9.19. The summed E-state index contributed by atoms with van der Waals surface area (Å²) >= 11 is 0. The molecule has 0 amide bonds. The molecule has 4 heteroatoms. The molecule has 0 saturated carbocycles. The average molecular weight is 266 g/mol. The van der Waals surface area contributed by atoms with Crippen molar-refractivity contribution in [3.63, 3.8) is 0 Å². The largest absolute Gasteiger partial charge is 0.394 e. The first-order valence-electron chi connectivity index (χ1n) is 7.05. The molecule has 0 radical (unpaired) electrons. The molecule has 1 aliphatic heterocycles. The number of hydrogen-bond donors (Lipinski definition) is 2. The van der Waals surface area contributed by atoms with Gasteiger partial charge in [0.05, 0.1) is 17.8 Å². The van der Waals surface area contributed by atoms with Crippen molar-refractivity contribution in [2.75, 3.05) is 31.6 Å². The van der Waals surface area contributed by atoms with E-state index >= 15 is 0 Å². The molecule has 106 valence electrons. The first kappa shape index (κ1) is 14.3. The lowest BCUT2D eigenvalue weighted by molar-refractivity contribution is 0.119. The van der Waals surface area contributed by atoms with Crippen molar-refractivity contribution in [1.29, 1.82) is 0 Å². The van der Waals surface area contributed by atoms with Crippen molar-refractivity contribution in [3.8, 4) is 0 Å². The lowest BCUT2D eigenvalue weighted by Gasteiger charge is -2.42. The fourth-order valence-electron chi connectivity index (χ4n) is 2.69. The Morgan fingerprint density at radius 2 is 2.00 bits per heavy atom. The van der Waals surface area contributed by atoms with Crippen molar-refractivity contribution >= 4 is 5.69 Å². The number of halogens is 1. The molecular weight excluding hydrogens is 243 g/mol. The number of rotatable bonds is 5. The highest BCUT2D eigenvalue weighted by Gasteiger charge is 2.34. The Morgan fingerprint density at radius 1 is 1.32 bits per heavy atom. The van der Waals surface area contributed by atoms with E-state index in [4.69, 9.17) is 0 Å². The average Bonchev–Trinajstić information content (AvgIpc) is 2.44. The van der Waals surface area contributed by atoms with E-state index in [2.05, 4.69) is 17.1 Å². The number of aliphatic hydroxyl groups is 1. The summed E-state index contributed by atoms with van der Waals surface area (Å²) in [6, 6.07) is 6.66. The van der Waals surface area contributed by atoms with Gasteiger partial charge in [0.15, 0.2) is 0 Å². The summed E-state index contributed by atoms with van der Waals surface area (Å²) < 4.78 is 13.7. The summed E-state index contributed by atoms with van der Waals surface area (Å²) in [6.07, 6.45) is 2.84. The van der Waals surface area contributed by atoms with Gasteiger partial charge in [0.2, 0.25) is 0 Å². The molecule has 1 aromatic carbocycles. The molecule has 1 saturated heterocycles. The van der Waals surface area contributed by atoms with Crippen molar-refractivity contribution in [1.82, 2.24) is 4.90 Å². The molecule has 0 aliphatic carbocycles. The Kier molecular flexibility index (Phi) is 4.77. The fourth-order valence-corrected chi connectivity index (χ4v) is 2.69. The third kappa shape index (κ3) is 3.45. The molecule has 0 bridgehead atoms. The molecule has 0 aromatic heterocycles. The second-order valence-electron chi connectivity index (χ2n) is 5.38. The molecule has 0 atom stereocenters. The molecule has 1 aliphatic rings. The lowest BCUT2D eigenvalue weighted by Crippen LogP contribution is -2.51. The second-order valence-corrected chi connectivity index (χ2v) is 5.38. The van der Waals surface area contributed by atoms with Crippen molar-refractivity contribution < 1.29 is 9.50 Å². The Bertz CT molecular complexity index is 403. The topological polar surface area (TPSA) is 35.5 Å². The summed E-state index contributed by atoms with van der Waals surface area (Å²) in [7, 11) is 0. The number of para-hydroxylation sites is 1. The Labute approximate surface area is 114 Å². The van der Waals surface area contributed by atoms with E-state index in [0.717, 1.165) is 38.9 Å². The van der Waals surface area contributed by atoms with Crippen molar-refractivity contribution in [2.45, 2.75) is 31.7 Å². The van der Waals surface area contributed by atoms with Gasteiger partial charge in [-0.1, -0.05) is 19.1 Å². The van der Waals surface area contributed by atoms with Gasteiger partial charge in [0.1, 0.15) is 5.82 Å². The van der Waals surface area contributed by atoms with Crippen LogP contribution >= 0.6 is 0 Å². The van der Waals surface area contributed by atoms with Crippen LogP contribution in [-0.2, 0) is 0 Å². The SMILES string of the molecule is CCCN1CCC(CO)(Nc2ccccc2F)CC1. The van der Waals surface area contributed by atoms with Crippen LogP contribution in [0.2, 0.25) is 0 Å². The second kappa shape index (κ2) is 6.35. The highest BCUT2D eigenvalue weighted by atomic mass is 19.1. The smallest absolute Gasteiger partial charge is 0.146 e. The number of nitrogens with zero attached hydrogens (tertiary/aromatic N) is 1. The standard InChI is InChI=1S/C15H23FN2O/c1-2-9-18-10-7-15(12-19,8-11-18)17-14-6-4-3-5-13(14)16/h3-6,17,19H,2,7-12H2,1H3. The van der Waals surface area contributed by atoms with Crippen LogP contribution in [0.1, 0.15) is 26.2 Å². The zero-order valence-electron chi connectivity index (χ0n) is 11.5. The molecule has 1 fully saturated rings. The van der Waals surface area contributed by atoms with Gasteiger partial charge in [0, 0.05) is 13.1 Å². The van der Waals surface area contributed by atoms with E-state index in [1.165, 1.54) is 6.07 Å². The monoisotopic (exact) mass is 266 g/mol. The maximum Gasteiger partial charge on any atom is 0.146 e. The van der Waals surface area contributed by atoms with E-state index in [1.807, 2.05) is 6.07 Å². The van der Waals surface area contributed by atoms with E-state index < -0.39 is 0 Å². The normalized spacial score (nSPS) is 19.3. The van der Waals surface area contributed by atoms with Crippen LogP contribution in [0.15, 0.2) is 24.3 Å². The van der Waals surface area contributed by atoms with Crippen molar-refractivity contribution in [2.24, 2.45) is 0 Å². The quantitative estimate of drug-likeness (QED) is 0.859. The summed E-state index contributed by atoms with van der Waals surface area (Å²) in [5.74, 6) is -0.258. The molecule has 0 spiro atoms. The fraction of sp³-hybridized carbons (Fsp3) is 0.600. The third-order valence-electron chi connectivity index (χ3n) is 3.93. The highest BCUT2D eigenvalue weighted by Crippen LogP contribution is 2.28. The van der Waals surface area contributed by atoms with Gasteiger partial charge in [-0.05, 0) is 37.9 Å². The van der Waals surface area contributed by atoms with Crippen molar-refractivity contribution in [3.05, 3.63) is 30.1 Å². The predicted octanol–water partition coefficient (Wildman–Crippen LogP) is 2.47. The molecule has 2 N–H and O–H groups in total. The number of likely N-dealkylation sites (tertiary alicyclic amines) is 1. The van der Waals surface area contributed by atoms with Gasteiger partial charge >= 0.3 is 0 Å². The molecule has 3 nitrogen and oxygen atoms in total. The van der Waals surface area contributed by atoms with Crippen LogP contribution < -0.4 is 5.32 Å². The lowest BCUT2D eigenvalue weighted by atomic mass is 9.87. The number of nitrogens with one attached hydrogen (secondary N) is 1. The third-order valence-corrected chi connectivity index (χ3v) is 3.93. The van der Waals surface area contributed by atoms with Gasteiger partial charge in [0.25, 0.3) is 0 Å². The minimum atomic E-state index is -0.383. The van der Waals surface area contributed by atoms with Gasteiger partial charge < -0.3 is 15.3 Å². The van der Waals surface area contributed by atoms with Crippen LogP contribution in [0.4, 0.5) is 10.1 Å². The Balaban J connectivity index is 2.02. The van der Waals surface area contributed by atoms with E-state index in [1.54, 1.807) is 12.1 Å². The van der Waals surface area contributed by atoms with E-state index in [0.29, 0.717) is 5.69 Å². The zero-order valence-corrected chi connectivity index (χ0v) is 11.5. The van der Waals surface area contributed by atoms with Crippen LogP contribution in [0, 0.1) is 5.82 Å². The maximum absolute atomic E-state index is 13.7. The highest BCUT2D eigenvalue weighted by molar-refractivity contribution is 5.47. The first-order valence-corrected chi connectivity index (χ1v) is 7.05. The predicted molar refractivity (Wildman–Crippen MR) is 75.8 cm³/mol. The number of anilines is 1. The van der Waals surface area contributed by atoms with Gasteiger partial charge in [-0.25, -0.2) is 4.39 Å². The maximum atomic E-state index is 13.7. The number of piperidine rings is 1. The zero-order chi connectivity index (χ0) is 13.7. The Morgan fingerprint density at radius 3 is 2.58 bits per heavy atom. The van der Waals surface area contributed by atoms with Crippen LogP contribution in [0.5, 0.6) is 0 Å². The summed E-state index contributed by atoms with van der Waals surface area (Å²) in [4.78, 5) is 2.40.